The van der Waals surface area contributed by atoms with Gasteiger partial charge in [0.25, 0.3) is 0 Å². The fourth-order valence-electron chi connectivity index (χ4n) is 2.39. The maximum absolute atomic E-state index is 10.0. The standard InChI is InChI=1S/C20H35NO3/c1-15(2)23-11-7-10-21-13-18(22)14-24-19-9-8-17(12-16(19)3)20(4,5)6/h8-9,12,15,18,21-22H,7,10-11,13-14H2,1-6H3/p+1/t18-/m1/s1. The predicted molar refractivity (Wildman–Crippen MR) is 98.7 cm³/mol. The Bertz CT molecular complexity index is 480. The average Bonchev–Trinajstić information content (AvgIpc) is 2.48. The number of hydrogen-bond donors (Lipinski definition) is 2. The zero-order chi connectivity index (χ0) is 18.2. The third-order valence-corrected chi connectivity index (χ3v) is 3.91. The third-order valence-electron chi connectivity index (χ3n) is 3.91. The van der Waals surface area contributed by atoms with Crippen LogP contribution in [0.15, 0.2) is 18.2 Å². The summed E-state index contributed by atoms with van der Waals surface area (Å²) >= 11 is 0. The van der Waals surface area contributed by atoms with Crippen molar-refractivity contribution in [1.29, 1.82) is 0 Å². The second-order valence-electron chi connectivity index (χ2n) is 7.78. The van der Waals surface area contributed by atoms with Crippen molar-refractivity contribution in [3.8, 4) is 5.75 Å². The Morgan fingerprint density at radius 3 is 2.50 bits per heavy atom. The number of hydrogen-bond acceptors (Lipinski definition) is 3. The van der Waals surface area contributed by atoms with E-state index in [2.05, 4.69) is 45.1 Å². The first-order chi connectivity index (χ1) is 11.2. The van der Waals surface area contributed by atoms with E-state index in [4.69, 9.17) is 9.47 Å². The van der Waals surface area contributed by atoms with E-state index in [-0.39, 0.29) is 11.5 Å². The van der Waals surface area contributed by atoms with Crippen LogP contribution in [0.5, 0.6) is 5.75 Å². The lowest BCUT2D eigenvalue weighted by Crippen LogP contribution is -2.86. The molecule has 1 aromatic rings. The van der Waals surface area contributed by atoms with Crippen molar-refractivity contribution in [3.63, 3.8) is 0 Å². The van der Waals surface area contributed by atoms with Gasteiger partial charge in [-0.15, -0.1) is 0 Å². The maximum atomic E-state index is 10.0. The number of nitrogens with two attached hydrogens (primary N) is 1. The van der Waals surface area contributed by atoms with E-state index in [1.54, 1.807) is 0 Å². The lowest BCUT2D eigenvalue weighted by Gasteiger charge is -2.21. The maximum Gasteiger partial charge on any atom is 0.137 e. The zero-order valence-corrected chi connectivity index (χ0v) is 16.3. The smallest absolute Gasteiger partial charge is 0.137 e. The van der Waals surface area contributed by atoms with Crippen LogP contribution >= 0.6 is 0 Å². The normalized spacial score (nSPS) is 13.3. The van der Waals surface area contributed by atoms with Crippen molar-refractivity contribution in [1.82, 2.24) is 0 Å². The van der Waals surface area contributed by atoms with Crippen LogP contribution in [0.1, 0.15) is 52.2 Å². The number of aliphatic hydroxyl groups excluding tert-OH is 1. The molecular weight excluding hydrogens is 302 g/mol. The number of rotatable bonds is 10. The van der Waals surface area contributed by atoms with Crippen LogP contribution in [0.25, 0.3) is 0 Å². The number of aryl methyl sites for hydroxylation is 1. The molecule has 1 aromatic carbocycles. The monoisotopic (exact) mass is 338 g/mol. The van der Waals surface area contributed by atoms with Gasteiger partial charge in [-0.25, -0.2) is 0 Å². The number of ether oxygens (including phenoxy) is 2. The molecule has 24 heavy (non-hydrogen) atoms. The van der Waals surface area contributed by atoms with Crippen LogP contribution in [0.3, 0.4) is 0 Å². The van der Waals surface area contributed by atoms with Gasteiger partial charge >= 0.3 is 0 Å². The Labute approximate surface area is 147 Å². The molecule has 0 unspecified atom stereocenters. The summed E-state index contributed by atoms with van der Waals surface area (Å²) in [5.74, 6) is 0.854. The molecule has 0 fully saturated rings. The molecule has 0 aromatic heterocycles. The molecule has 0 saturated carbocycles. The summed E-state index contributed by atoms with van der Waals surface area (Å²) in [6, 6.07) is 6.29. The highest BCUT2D eigenvalue weighted by molar-refractivity contribution is 5.38. The summed E-state index contributed by atoms with van der Waals surface area (Å²) in [5, 5.41) is 12.2. The number of quaternary nitrogens is 1. The number of aliphatic hydroxyl groups is 1. The van der Waals surface area contributed by atoms with Gasteiger partial charge in [0.1, 0.15) is 25.0 Å². The van der Waals surface area contributed by atoms with Crippen molar-refractivity contribution in [2.24, 2.45) is 0 Å². The zero-order valence-electron chi connectivity index (χ0n) is 16.3. The number of benzene rings is 1. The molecular formula is C20H36NO3+. The minimum absolute atomic E-state index is 0.136. The van der Waals surface area contributed by atoms with Gasteiger partial charge in [-0.1, -0.05) is 32.9 Å². The predicted octanol–water partition coefficient (Wildman–Crippen LogP) is 2.41. The van der Waals surface area contributed by atoms with Gasteiger partial charge in [0.15, 0.2) is 0 Å². The summed E-state index contributed by atoms with van der Waals surface area (Å²) in [7, 11) is 0. The molecule has 4 heteroatoms. The first kappa shape index (κ1) is 20.9. The van der Waals surface area contributed by atoms with E-state index in [0.717, 1.165) is 30.9 Å². The highest BCUT2D eigenvalue weighted by atomic mass is 16.5. The SMILES string of the molecule is Cc1cc(C(C)(C)C)ccc1OC[C@H](O)C[NH2+]CCCOC(C)C. The second-order valence-corrected chi connectivity index (χ2v) is 7.78. The van der Waals surface area contributed by atoms with Crippen LogP contribution in [0.4, 0.5) is 0 Å². The van der Waals surface area contributed by atoms with Gasteiger partial charge in [0.05, 0.1) is 19.3 Å². The molecule has 0 saturated heterocycles. The van der Waals surface area contributed by atoms with Crippen LogP contribution in [0.2, 0.25) is 0 Å². The quantitative estimate of drug-likeness (QED) is 0.644. The van der Waals surface area contributed by atoms with Crippen LogP contribution in [-0.2, 0) is 10.2 Å². The Balaban J connectivity index is 2.28. The minimum atomic E-state index is -0.460. The first-order valence-corrected chi connectivity index (χ1v) is 9.05. The van der Waals surface area contributed by atoms with E-state index in [9.17, 15) is 5.11 Å². The molecule has 0 aliphatic heterocycles. The third kappa shape index (κ3) is 8.13. The van der Waals surface area contributed by atoms with Crippen molar-refractivity contribution in [2.45, 2.75) is 65.6 Å². The molecule has 1 atom stereocenters. The molecule has 0 aliphatic carbocycles. The largest absolute Gasteiger partial charge is 0.490 e. The van der Waals surface area contributed by atoms with Crippen LogP contribution in [0, 0.1) is 6.92 Å². The summed E-state index contributed by atoms with van der Waals surface area (Å²) in [5.41, 5.74) is 2.55. The van der Waals surface area contributed by atoms with Crippen molar-refractivity contribution >= 4 is 0 Å². The highest BCUT2D eigenvalue weighted by Crippen LogP contribution is 2.27. The Morgan fingerprint density at radius 2 is 1.92 bits per heavy atom. The summed E-state index contributed by atoms with van der Waals surface area (Å²) < 4.78 is 11.3. The average molecular weight is 339 g/mol. The van der Waals surface area contributed by atoms with Gasteiger partial charge in [-0.05, 0) is 43.4 Å². The molecule has 0 spiro atoms. The molecule has 0 radical (unpaired) electrons. The van der Waals surface area contributed by atoms with Crippen molar-refractivity contribution < 1.29 is 19.9 Å². The summed E-state index contributed by atoms with van der Waals surface area (Å²) in [6.07, 6.45) is 0.827. The van der Waals surface area contributed by atoms with Crippen molar-refractivity contribution in [2.75, 3.05) is 26.3 Å². The Kier molecular flexibility index (Phi) is 8.74. The Morgan fingerprint density at radius 1 is 1.21 bits per heavy atom. The van der Waals surface area contributed by atoms with E-state index >= 15 is 0 Å². The lowest BCUT2D eigenvalue weighted by atomic mass is 9.86. The van der Waals surface area contributed by atoms with Gasteiger partial charge in [0, 0.05) is 6.42 Å². The fourth-order valence-corrected chi connectivity index (χ4v) is 2.39. The highest BCUT2D eigenvalue weighted by Gasteiger charge is 2.15. The van der Waals surface area contributed by atoms with E-state index in [0.29, 0.717) is 13.2 Å². The molecule has 0 heterocycles. The Hall–Kier alpha value is -1.10. The molecule has 138 valence electrons. The molecule has 0 bridgehead atoms. The van der Waals surface area contributed by atoms with Gasteiger partial charge in [-0.3, -0.25) is 0 Å². The summed E-state index contributed by atoms with van der Waals surface area (Å²) in [6.45, 7) is 15.5. The van der Waals surface area contributed by atoms with E-state index < -0.39 is 6.10 Å². The molecule has 0 aliphatic rings. The first-order valence-electron chi connectivity index (χ1n) is 9.05. The minimum Gasteiger partial charge on any atom is -0.490 e. The van der Waals surface area contributed by atoms with Gasteiger partial charge < -0.3 is 19.9 Å². The van der Waals surface area contributed by atoms with Crippen molar-refractivity contribution in [3.05, 3.63) is 29.3 Å². The van der Waals surface area contributed by atoms with E-state index in [1.807, 2.05) is 19.9 Å². The van der Waals surface area contributed by atoms with Crippen LogP contribution < -0.4 is 10.1 Å². The second kappa shape index (κ2) is 10.0. The lowest BCUT2D eigenvalue weighted by molar-refractivity contribution is -0.661. The molecule has 0 amide bonds. The van der Waals surface area contributed by atoms with E-state index in [1.165, 1.54) is 5.56 Å². The summed E-state index contributed by atoms with van der Waals surface area (Å²) in [4.78, 5) is 0. The van der Waals surface area contributed by atoms with Crippen LogP contribution in [-0.4, -0.2) is 43.6 Å². The fraction of sp³-hybridized carbons (Fsp3) is 0.700. The van der Waals surface area contributed by atoms with Gasteiger partial charge in [0.2, 0.25) is 0 Å². The topological polar surface area (TPSA) is 55.3 Å². The van der Waals surface area contributed by atoms with Gasteiger partial charge in [-0.2, -0.15) is 0 Å². The molecule has 3 N–H and O–H groups in total. The molecule has 1 rings (SSSR count). The molecule has 4 nitrogen and oxygen atoms in total.